The second kappa shape index (κ2) is 8.01. The lowest BCUT2D eigenvalue weighted by molar-refractivity contribution is 0.0734. The summed E-state index contributed by atoms with van der Waals surface area (Å²) in [5, 5.41) is 4.40. The van der Waals surface area contributed by atoms with Crippen LogP contribution < -0.4 is 4.74 Å². The number of rotatable bonds is 6. The highest BCUT2D eigenvalue weighted by Gasteiger charge is 2.20. The number of halogens is 1. The molecule has 0 saturated heterocycles. The van der Waals surface area contributed by atoms with Gasteiger partial charge >= 0.3 is 0 Å². The normalized spacial score (nSPS) is 10.6. The summed E-state index contributed by atoms with van der Waals surface area (Å²) in [5.41, 5.74) is 1.26. The number of hydrogen-bond donors (Lipinski definition) is 0. The Bertz CT molecular complexity index is 893. The third-order valence-corrected chi connectivity index (χ3v) is 4.25. The van der Waals surface area contributed by atoms with Crippen LogP contribution in [-0.2, 0) is 6.54 Å². The summed E-state index contributed by atoms with van der Waals surface area (Å²) in [4.78, 5) is 18.7. The minimum Gasteiger partial charge on any atom is -0.497 e. The van der Waals surface area contributed by atoms with Crippen molar-refractivity contribution in [3.05, 3.63) is 65.0 Å². The van der Waals surface area contributed by atoms with Gasteiger partial charge in [-0.3, -0.25) is 4.79 Å². The average molecular weight is 372 g/mol. The number of hydrogen-bond acceptors (Lipinski definition) is 5. The summed E-state index contributed by atoms with van der Waals surface area (Å²) >= 11 is 6.12. The molecule has 0 fully saturated rings. The zero-order chi connectivity index (χ0) is 18.5. The molecule has 0 saturated carbocycles. The van der Waals surface area contributed by atoms with Gasteiger partial charge in [0.25, 0.3) is 5.91 Å². The van der Waals surface area contributed by atoms with Crippen molar-refractivity contribution < 1.29 is 14.1 Å². The quantitative estimate of drug-likeness (QED) is 0.653. The van der Waals surface area contributed by atoms with E-state index in [0.29, 0.717) is 28.8 Å². The van der Waals surface area contributed by atoms with Crippen LogP contribution in [0, 0.1) is 0 Å². The lowest BCUT2D eigenvalue weighted by Gasteiger charge is -2.19. The van der Waals surface area contributed by atoms with E-state index in [1.165, 1.54) is 0 Å². The molecule has 3 aromatic rings. The average Bonchev–Trinajstić information content (AvgIpc) is 3.14. The molecule has 0 spiro atoms. The van der Waals surface area contributed by atoms with Gasteiger partial charge in [0.15, 0.2) is 0 Å². The minimum absolute atomic E-state index is 0.178. The molecular weight excluding hydrogens is 354 g/mol. The summed E-state index contributed by atoms with van der Waals surface area (Å²) in [6, 6.07) is 14.3. The van der Waals surface area contributed by atoms with Crippen LogP contribution in [0.1, 0.15) is 23.2 Å². The Labute approximate surface area is 156 Å². The van der Waals surface area contributed by atoms with E-state index in [0.717, 1.165) is 11.3 Å². The molecule has 134 valence electrons. The maximum Gasteiger partial charge on any atom is 0.255 e. The molecule has 1 heterocycles. The van der Waals surface area contributed by atoms with Gasteiger partial charge in [-0.25, -0.2) is 0 Å². The maximum atomic E-state index is 12.7. The summed E-state index contributed by atoms with van der Waals surface area (Å²) in [6.07, 6.45) is 0. The number of nitrogens with zero attached hydrogens (tertiary/aromatic N) is 3. The van der Waals surface area contributed by atoms with Gasteiger partial charge in [0.1, 0.15) is 12.3 Å². The molecule has 1 aromatic heterocycles. The van der Waals surface area contributed by atoms with Gasteiger partial charge in [-0.2, -0.15) is 4.98 Å². The smallest absolute Gasteiger partial charge is 0.255 e. The standard InChI is InChI=1S/C19H18ClN3O3/c1-3-23(19(24)15-6-4-5-7-16(15)20)12-17-21-18(22-26-17)13-8-10-14(25-2)11-9-13/h4-11H,3,12H2,1-2H3. The van der Waals surface area contributed by atoms with Crippen LogP contribution in [0.5, 0.6) is 5.75 Å². The first kappa shape index (κ1) is 17.9. The summed E-state index contributed by atoms with van der Waals surface area (Å²) in [6.45, 7) is 2.59. The first-order valence-electron chi connectivity index (χ1n) is 8.13. The molecule has 6 nitrogen and oxygen atoms in total. The fourth-order valence-electron chi connectivity index (χ4n) is 2.47. The Morgan fingerprint density at radius 1 is 1.19 bits per heavy atom. The van der Waals surface area contributed by atoms with Gasteiger partial charge in [-0.1, -0.05) is 28.9 Å². The molecule has 26 heavy (non-hydrogen) atoms. The number of aromatic nitrogens is 2. The summed E-state index contributed by atoms with van der Waals surface area (Å²) in [7, 11) is 1.61. The summed E-state index contributed by atoms with van der Waals surface area (Å²) < 4.78 is 10.4. The molecule has 3 rings (SSSR count). The van der Waals surface area contributed by atoms with E-state index in [1.54, 1.807) is 36.3 Å². The van der Waals surface area contributed by atoms with Crippen molar-refractivity contribution in [2.75, 3.05) is 13.7 Å². The maximum absolute atomic E-state index is 12.7. The first-order valence-corrected chi connectivity index (χ1v) is 8.51. The van der Waals surface area contributed by atoms with Gasteiger partial charge < -0.3 is 14.2 Å². The molecule has 0 unspecified atom stereocenters. The Morgan fingerprint density at radius 2 is 1.92 bits per heavy atom. The van der Waals surface area contributed by atoms with Crippen molar-refractivity contribution in [3.63, 3.8) is 0 Å². The third kappa shape index (κ3) is 3.86. The number of amides is 1. The van der Waals surface area contributed by atoms with Crippen molar-refractivity contribution >= 4 is 17.5 Å². The van der Waals surface area contributed by atoms with Crippen LogP contribution in [0.25, 0.3) is 11.4 Å². The molecule has 0 aliphatic heterocycles. The molecule has 2 aromatic carbocycles. The minimum atomic E-state index is -0.178. The number of benzene rings is 2. The Morgan fingerprint density at radius 3 is 2.58 bits per heavy atom. The van der Waals surface area contributed by atoms with E-state index in [4.69, 9.17) is 20.9 Å². The Balaban J connectivity index is 1.76. The fourth-order valence-corrected chi connectivity index (χ4v) is 2.69. The van der Waals surface area contributed by atoms with Crippen molar-refractivity contribution in [3.8, 4) is 17.1 Å². The number of carbonyl (C=O) groups is 1. The van der Waals surface area contributed by atoms with Crippen LogP contribution in [0.3, 0.4) is 0 Å². The zero-order valence-electron chi connectivity index (χ0n) is 14.5. The van der Waals surface area contributed by atoms with E-state index < -0.39 is 0 Å². The molecule has 0 atom stereocenters. The number of methoxy groups -OCH3 is 1. The number of ether oxygens (including phenoxy) is 1. The van der Waals surface area contributed by atoms with Crippen molar-refractivity contribution in [1.82, 2.24) is 15.0 Å². The lowest BCUT2D eigenvalue weighted by atomic mass is 10.2. The highest BCUT2D eigenvalue weighted by molar-refractivity contribution is 6.33. The highest BCUT2D eigenvalue weighted by Crippen LogP contribution is 2.21. The Kier molecular flexibility index (Phi) is 5.53. The molecular formula is C19H18ClN3O3. The van der Waals surface area contributed by atoms with Gasteiger partial charge in [-0.15, -0.1) is 0 Å². The molecule has 1 amide bonds. The second-order valence-corrected chi connectivity index (χ2v) is 5.95. The van der Waals surface area contributed by atoms with Crippen LogP contribution in [0.2, 0.25) is 5.02 Å². The van der Waals surface area contributed by atoms with Gasteiger partial charge in [0, 0.05) is 12.1 Å². The van der Waals surface area contributed by atoms with Crippen LogP contribution in [0.4, 0.5) is 0 Å². The van der Waals surface area contributed by atoms with Crippen molar-refractivity contribution in [2.24, 2.45) is 0 Å². The van der Waals surface area contributed by atoms with Gasteiger partial charge in [0.05, 0.1) is 17.7 Å². The van der Waals surface area contributed by atoms with E-state index in [9.17, 15) is 4.79 Å². The van der Waals surface area contributed by atoms with E-state index in [1.807, 2.05) is 31.2 Å². The molecule has 0 aliphatic rings. The molecule has 0 radical (unpaired) electrons. The van der Waals surface area contributed by atoms with Crippen LogP contribution in [0.15, 0.2) is 53.1 Å². The largest absolute Gasteiger partial charge is 0.497 e. The fraction of sp³-hybridized carbons (Fsp3) is 0.211. The first-order chi connectivity index (χ1) is 12.6. The molecule has 0 aliphatic carbocycles. The highest BCUT2D eigenvalue weighted by atomic mass is 35.5. The predicted molar refractivity (Wildman–Crippen MR) is 98.2 cm³/mol. The van der Waals surface area contributed by atoms with Gasteiger partial charge in [0.2, 0.25) is 11.7 Å². The van der Waals surface area contributed by atoms with Crippen LogP contribution >= 0.6 is 11.6 Å². The van der Waals surface area contributed by atoms with E-state index in [-0.39, 0.29) is 12.5 Å². The SMILES string of the molecule is CCN(Cc1nc(-c2ccc(OC)cc2)no1)C(=O)c1ccccc1Cl. The topological polar surface area (TPSA) is 68.5 Å². The third-order valence-electron chi connectivity index (χ3n) is 3.92. The monoisotopic (exact) mass is 371 g/mol. The molecule has 0 bridgehead atoms. The van der Waals surface area contributed by atoms with E-state index in [2.05, 4.69) is 10.1 Å². The predicted octanol–water partition coefficient (Wildman–Crippen LogP) is 4.06. The Hall–Kier alpha value is -2.86. The van der Waals surface area contributed by atoms with Crippen molar-refractivity contribution in [1.29, 1.82) is 0 Å². The number of carbonyl (C=O) groups excluding carboxylic acids is 1. The second-order valence-electron chi connectivity index (χ2n) is 5.54. The van der Waals surface area contributed by atoms with E-state index >= 15 is 0 Å². The lowest BCUT2D eigenvalue weighted by Crippen LogP contribution is -2.30. The summed E-state index contributed by atoms with van der Waals surface area (Å²) in [5.74, 6) is 1.39. The van der Waals surface area contributed by atoms with Crippen LogP contribution in [-0.4, -0.2) is 34.6 Å². The van der Waals surface area contributed by atoms with Gasteiger partial charge in [-0.05, 0) is 43.3 Å². The molecule has 0 N–H and O–H groups in total. The zero-order valence-corrected chi connectivity index (χ0v) is 15.2. The molecule has 7 heteroatoms. The van der Waals surface area contributed by atoms with Crippen molar-refractivity contribution in [2.45, 2.75) is 13.5 Å².